The SMILES string of the molecule is C#Cc1ccc2c(c1)sc1cc(/C=C/CCCC)ccc12. The number of hydrogen-bond donors (Lipinski definition) is 0. The second-order valence-corrected chi connectivity index (χ2v) is 6.34. The van der Waals surface area contributed by atoms with Crippen molar-refractivity contribution in [1.29, 1.82) is 0 Å². The van der Waals surface area contributed by atoms with Gasteiger partial charge in [0.15, 0.2) is 0 Å². The molecule has 0 nitrogen and oxygen atoms in total. The summed E-state index contributed by atoms with van der Waals surface area (Å²) in [6.07, 6.45) is 13.7. The zero-order valence-corrected chi connectivity index (χ0v) is 13.0. The van der Waals surface area contributed by atoms with Crippen LogP contribution in [0.15, 0.2) is 42.5 Å². The highest BCUT2D eigenvalue weighted by molar-refractivity contribution is 7.25. The van der Waals surface area contributed by atoms with Gasteiger partial charge >= 0.3 is 0 Å². The van der Waals surface area contributed by atoms with E-state index in [4.69, 9.17) is 6.42 Å². The van der Waals surface area contributed by atoms with Gasteiger partial charge in [-0.2, -0.15) is 0 Å². The molecule has 3 aromatic rings. The van der Waals surface area contributed by atoms with Crippen LogP contribution >= 0.6 is 11.3 Å². The molecule has 0 fully saturated rings. The number of fused-ring (bicyclic) bond motifs is 3. The van der Waals surface area contributed by atoms with Crippen LogP contribution in [0, 0.1) is 12.3 Å². The first kappa shape index (κ1) is 13.9. The van der Waals surface area contributed by atoms with E-state index in [1.807, 2.05) is 17.4 Å². The van der Waals surface area contributed by atoms with E-state index in [-0.39, 0.29) is 0 Å². The van der Waals surface area contributed by atoms with Crippen molar-refractivity contribution in [3.8, 4) is 12.3 Å². The van der Waals surface area contributed by atoms with Crippen molar-refractivity contribution >= 4 is 37.6 Å². The topological polar surface area (TPSA) is 0 Å². The van der Waals surface area contributed by atoms with Gasteiger partial charge in [0.2, 0.25) is 0 Å². The van der Waals surface area contributed by atoms with Crippen LogP contribution < -0.4 is 0 Å². The van der Waals surface area contributed by atoms with E-state index >= 15 is 0 Å². The lowest BCUT2D eigenvalue weighted by molar-refractivity contribution is 0.816. The Morgan fingerprint density at radius 3 is 2.62 bits per heavy atom. The van der Waals surface area contributed by atoms with Crippen molar-refractivity contribution in [3.05, 3.63) is 53.6 Å². The number of hydrogen-bond acceptors (Lipinski definition) is 1. The van der Waals surface area contributed by atoms with Crippen LogP contribution in [-0.2, 0) is 0 Å². The summed E-state index contributed by atoms with van der Waals surface area (Å²) < 4.78 is 2.60. The highest BCUT2D eigenvalue weighted by Crippen LogP contribution is 2.35. The van der Waals surface area contributed by atoms with Crippen molar-refractivity contribution in [1.82, 2.24) is 0 Å². The summed E-state index contributed by atoms with van der Waals surface area (Å²) in [5, 5.41) is 2.62. The zero-order chi connectivity index (χ0) is 14.7. The lowest BCUT2D eigenvalue weighted by Gasteiger charge is -1.96. The normalized spacial score (nSPS) is 11.4. The molecule has 0 aliphatic heterocycles. The van der Waals surface area contributed by atoms with Crippen LogP contribution in [0.25, 0.3) is 26.2 Å². The molecule has 0 saturated carbocycles. The average Bonchev–Trinajstić information content (AvgIpc) is 2.88. The van der Waals surface area contributed by atoms with Crippen LogP contribution in [0.4, 0.5) is 0 Å². The number of thiophene rings is 1. The van der Waals surface area contributed by atoms with Crippen LogP contribution in [0.5, 0.6) is 0 Å². The first-order valence-corrected chi connectivity index (χ1v) is 8.23. The largest absolute Gasteiger partial charge is 0.135 e. The minimum atomic E-state index is 0.953. The zero-order valence-electron chi connectivity index (χ0n) is 12.2. The van der Waals surface area contributed by atoms with Gasteiger partial charge in [0, 0.05) is 25.7 Å². The number of rotatable bonds is 4. The summed E-state index contributed by atoms with van der Waals surface area (Å²) >= 11 is 1.82. The maximum absolute atomic E-state index is 5.48. The molecule has 104 valence electrons. The molecule has 0 amide bonds. The van der Waals surface area contributed by atoms with Gasteiger partial charge in [0.1, 0.15) is 0 Å². The summed E-state index contributed by atoms with van der Waals surface area (Å²) in [4.78, 5) is 0. The summed E-state index contributed by atoms with van der Waals surface area (Å²) in [6, 6.07) is 13.0. The van der Waals surface area contributed by atoms with Crippen molar-refractivity contribution in [2.75, 3.05) is 0 Å². The lowest BCUT2D eigenvalue weighted by Crippen LogP contribution is -1.73. The minimum Gasteiger partial charge on any atom is -0.135 e. The second kappa shape index (κ2) is 6.16. The smallest absolute Gasteiger partial charge is 0.0367 e. The Balaban J connectivity index is 2.00. The predicted octanol–water partition coefficient (Wildman–Crippen LogP) is 6.24. The van der Waals surface area contributed by atoms with Crippen molar-refractivity contribution in [3.63, 3.8) is 0 Å². The molecule has 0 radical (unpaired) electrons. The highest BCUT2D eigenvalue weighted by atomic mass is 32.1. The van der Waals surface area contributed by atoms with Gasteiger partial charge in [0.25, 0.3) is 0 Å². The molecular weight excluding hydrogens is 272 g/mol. The molecule has 0 N–H and O–H groups in total. The third-order valence-electron chi connectivity index (χ3n) is 3.70. The molecule has 21 heavy (non-hydrogen) atoms. The maximum atomic E-state index is 5.48. The fourth-order valence-electron chi connectivity index (χ4n) is 2.53. The molecular formula is C20H18S. The Morgan fingerprint density at radius 2 is 1.86 bits per heavy atom. The van der Waals surface area contributed by atoms with Crippen molar-refractivity contribution < 1.29 is 0 Å². The van der Waals surface area contributed by atoms with Crippen molar-refractivity contribution in [2.45, 2.75) is 26.2 Å². The van der Waals surface area contributed by atoms with E-state index in [0.717, 1.165) is 12.0 Å². The average molecular weight is 290 g/mol. The number of unbranched alkanes of at least 4 members (excludes halogenated alkanes) is 2. The standard InChI is InChI=1S/C20H18S/c1-3-5-6-7-8-16-10-12-18-17-11-9-15(4-2)13-19(17)21-20(18)14-16/h2,7-14H,3,5-6H2,1H3/b8-7+. The third-order valence-corrected chi connectivity index (χ3v) is 4.81. The summed E-state index contributed by atoms with van der Waals surface area (Å²) in [5.74, 6) is 2.71. The number of benzene rings is 2. The van der Waals surface area contributed by atoms with Gasteiger partial charge in [-0.25, -0.2) is 0 Å². The van der Waals surface area contributed by atoms with Gasteiger partial charge in [-0.15, -0.1) is 17.8 Å². The second-order valence-electron chi connectivity index (χ2n) is 5.26. The van der Waals surface area contributed by atoms with Crippen LogP contribution in [0.1, 0.15) is 37.3 Å². The lowest BCUT2D eigenvalue weighted by atomic mass is 10.1. The number of allylic oxidation sites excluding steroid dienone is 1. The van der Waals surface area contributed by atoms with E-state index in [1.54, 1.807) is 0 Å². The first-order chi connectivity index (χ1) is 10.3. The Hall–Kier alpha value is -2.04. The van der Waals surface area contributed by atoms with Crippen LogP contribution in [0.3, 0.4) is 0 Å². The minimum absolute atomic E-state index is 0.953. The first-order valence-electron chi connectivity index (χ1n) is 7.41. The molecule has 1 heterocycles. The maximum Gasteiger partial charge on any atom is 0.0367 e. The van der Waals surface area contributed by atoms with Gasteiger partial charge < -0.3 is 0 Å². The van der Waals surface area contributed by atoms with E-state index < -0.39 is 0 Å². The van der Waals surface area contributed by atoms with E-state index in [9.17, 15) is 0 Å². The predicted molar refractivity (Wildman–Crippen MR) is 95.8 cm³/mol. The van der Waals surface area contributed by atoms with E-state index in [1.165, 1.54) is 38.6 Å². The van der Waals surface area contributed by atoms with Gasteiger partial charge in [-0.3, -0.25) is 0 Å². The summed E-state index contributed by atoms with van der Waals surface area (Å²) in [5.41, 5.74) is 2.23. The Morgan fingerprint density at radius 1 is 1.10 bits per heavy atom. The summed E-state index contributed by atoms with van der Waals surface area (Å²) in [6.45, 7) is 2.22. The molecule has 1 aromatic heterocycles. The molecule has 0 atom stereocenters. The Labute approximate surface area is 130 Å². The molecule has 0 saturated heterocycles. The van der Waals surface area contributed by atoms with Crippen LogP contribution in [0.2, 0.25) is 0 Å². The molecule has 0 aliphatic carbocycles. The van der Waals surface area contributed by atoms with Gasteiger partial charge in [-0.1, -0.05) is 56.0 Å². The highest BCUT2D eigenvalue weighted by Gasteiger charge is 2.05. The van der Waals surface area contributed by atoms with Gasteiger partial charge in [-0.05, 0) is 30.2 Å². The molecule has 2 aromatic carbocycles. The molecule has 0 bridgehead atoms. The number of terminal acetylenes is 1. The Kier molecular flexibility index (Phi) is 4.08. The molecule has 0 spiro atoms. The fraction of sp³-hybridized carbons (Fsp3) is 0.200. The fourth-order valence-corrected chi connectivity index (χ4v) is 3.72. The van der Waals surface area contributed by atoms with Crippen LogP contribution in [-0.4, -0.2) is 0 Å². The van der Waals surface area contributed by atoms with Crippen molar-refractivity contribution in [2.24, 2.45) is 0 Å². The Bertz CT molecular complexity index is 843. The summed E-state index contributed by atoms with van der Waals surface area (Å²) in [7, 11) is 0. The third kappa shape index (κ3) is 2.86. The molecule has 1 heteroatoms. The van der Waals surface area contributed by atoms with E-state index in [2.05, 4.69) is 55.3 Å². The quantitative estimate of drug-likeness (QED) is 0.394. The van der Waals surface area contributed by atoms with E-state index in [0.29, 0.717) is 0 Å². The molecule has 0 unspecified atom stereocenters. The molecule has 3 rings (SSSR count). The van der Waals surface area contributed by atoms with Gasteiger partial charge in [0.05, 0.1) is 0 Å². The monoisotopic (exact) mass is 290 g/mol. The molecule has 0 aliphatic rings.